The molecule has 2 unspecified atom stereocenters. The van der Waals surface area contributed by atoms with E-state index in [-0.39, 0.29) is 12.2 Å². The van der Waals surface area contributed by atoms with Gasteiger partial charge in [-0.25, -0.2) is 4.79 Å². The summed E-state index contributed by atoms with van der Waals surface area (Å²) in [6.07, 6.45) is 4.06. The summed E-state index contributed by atoms with van der Waals surface area (Å²) < 4.78 is 10.6. The molecule has 0 spiro atoms. The largest absolute Gasteiger partial charge is 0.457 e. The first-order valence-corrected chi connectivity index (χ1v) is 9.95. The predicted octanol–water partition coefficient (Wildman–Crippen LogP) is 3.78. The summed E-state index contributed by atoms with van der Waals surface area (Å²) in [5.74, 6) is -1.30. The average Bonchev–Trinajstić information content (AvgIpc) is 2.48. The fraction of sp³-hybridized carbons (Fsp3) is 0.833. The Labute approximate surface area is 150 Å². The summed E-state index contributed by atoms with van der Waals surface area (Å²) in [6, 6.07) is 0. The van der Waals surface area contributed by atoms with Gasteiger partial charge in [-0.05, 0) is 33.4 Å². The van der Waals surface area contributed by atoms with E-state index in [1.807, 2.05) is 6.26 Å². The molecule has 0 aliphatic heterocycles. The van der Waals surface area contributed by atoms with Crippen molar-refractivity contribution in [1.29, 1.82) is 0 Å². The maximum Gasteiger partial charge on any atom is 0.348 e. The lowest BCUT2D eigenvalue weighted by molar-refractivity contribution is -0.180. The van der Waals surface area contributed by atoms with Gasteiger partial charge in [-0.3, -0.25) is 9.59 Å². The van der Waals surface area contributed by atoms with Crippen molar-refractivity contribution in [2.24, 2.45) is 5.92 Å². The topological polar surface area (TPSA) is 69.7 Å². The van der Waals surface area contributed by atoms with Crippen molar-refractivity contribution in [3.8, 4) is 0 Å². The molecule has 6 heteroatoms. The maximum absolute atomic E-state index is 12.4. The molecule has 140 valence electrons. The van der Waals surface area contributed by atoms with Gasteiger partial charge in [0.15, 0.2) is 0 Å². The van der Waals surface area contributed by atoms with Crippen LogP contribution in [0.1, 0.15) is 66.7 Å². The molecule has 0 amide bonds. The van der Waals surface area contributed by atoms with Crippen molar-refractivity contribution >= 4 is 29.5 Å². The quantitative estimate of drug-likeness (QED) is 0.412. The second kappa shape index (κ2) is 11.5. The number of Topliss-reactive ketones (excluding diaryl/α,β-unsaturated/α-hetero) is 1. The Bertz CT molecular complexity index is 414. The highest BCUT2D eigenvalue weighted by atomic mass is 32.2. The first-order valence-electron chi connectivity index (χ1n) is 8.56. The number of hydrogen-bond acceptors (Lipinski definition) is 6. The minimum atomic E-state index is -1.17. The van der Waals surface area contributed by atoms with E-state index in [1.165, 1.54) is 11.8 Å². The van der Waals surface area contributed by atoms with Gasteiger partial charge in [0.2, 0.25) is 6.10 Å². The molecular formula is C18H32O5S. The normalized spacial score (nSPS) is 13.9. The van der Waals surface area contributed by atoms with Crippen LogP contribution >= 0.6 is 11.8 Å². The number of ether oxygens (including phenoxy) is 2. The number of ketones is 1. The minimum Gasteiger partial charge on any atom is -0.457 e. The zero-order chi connectivity index (χ0) is 18.8. The molecule has 24 heavy (non-hydrogen) atoms. The Balaban J connectivity index is 4.98. The van der Waals surface area contributed by atoms with Crippen molar-refractivity contribution in [1.82, 2.24) is 0 Å². The lowest BCUT2D eigenvalue weighted by Crippen LogP contribution is -2.41. The van der Waals surface area contributed by atoms with Crippen molar-refractivity contribution in [3.05, 3.63) is 0 Å². The van der Waals surface area contributed by atoms with Gasteiger partial charge in [0.25, 0.3) is 0 Å². The van der Waals surface area contributed by atoms with Gasteiger partial charge in [-0.15, -0.1) is 0 Å². The summed E-state index contributed by atoms with van der Waals surface area (Å²) in [5.41, 5.74) is -0.702. The molecule has 0 aliphatic carbocycles. The standard InChI is InChI=1S/C18H32O5S/c1-7-8-9-10-14(19)13(2)16(17(21)23-18(3,4)5)22-15(20)11-12-24-6/h13,16H,7-12H2,1-6H3. The van der Waals surface area contributed by atoms with Crippen molar-refractivity contribution in [3.63, 3.8) is 0 Å². The third-order valence-corrected chi connectivity index (χ3v) is 4.01. The molecule has 0 bridgehead atoms. The Kier molecular flexibility index (Phi) is 11.0. The molecule has 0 aliphatic rings. The molecular weight excluding hydrogens is 328 g/mol. The van der Waals surface area contributed by atoms with Crippen LogP contribution in [0.5, 0.6) is 0 Å². The zero-order valence-corrected chi connectivity index (χ0v) is 16.7. The van der Waals surface area contributed by atoms with Gasteiger partial charge in [0.1, 0.15) is 11.4 Å². The van der Waals surface area contributed by atoms with Gasteiger partial charge in [-0.2, -0.15) is 11.8 Å². The average molecular weight is 361 g/mol. The highest BCUT2D eigenvalue weighted by molar-refractivity contribution is 7.98. The van der Waals surface area contributed by atoms with Crippen LogP contribution in [-0.4, -0.2) is 41.4 Å². The van der Waals surface area contributed by atoms with Crippen LogP contribution in [0, 0.1) is 5.92 Å². The van der Waals surface area contributed by atoms with Gasteiger partial charge in [0.05, 0.1) is 12.3 Å². The van der Waals surface area contributed by atoms with E-state index in [2.05, 4.69) is 6.92 Å². The molecule has 0 rings (SSSR count). The molecule has 5 nitrogen and oxygen atoms in total. The zero-order valence-electron chi connectivity index (χ0n) is 15.8. The molecule has 0 fully saturated rings. The molecule has 0 aromatic rings. The fourth-order valence-corrected chi connectivity index (χ4v) is 2.42. The SMILES string of the molecule is CCCCCC(=O)C(C)C(OC(=O)CCSC)C(=O)OC(C)(C)C. The van der Waals surface area contributed by atoms with Crippen LogP contribution in [0.4, 0.5) is 0 Å². The van der Waals surface area contributed by atoms with Crippen molar-refractivity contribution in [2.45, 2.75) is 78.4 Å². The number of unbranched alkanes of at least 4 members (excludes halogenated alkanes) is 2. The van der Waals surface area contributed by atoms with E-state index in [0.29, 0.717) is 12.2 Å². The summed E-state index contributed by atoms with van der Waals surface area (Å²) >= 11 is 1.52. The van der Waals surface area contributed by atoms with Crippen LogP contribution in [0.3, 0.4) is 0 Å². The highest BCUT2D eigenvalue weighted by Crippen LogP contribution is 2.19. The molecule has 0 heterocycles. The van der Waals surface area contributed by atoms with Crippen LogP contribution in [0.2, 0.25) is 0 Å². The number of rotatable bonds is 11. The third kappa shape index (κ3) is 9.96. The number of carbonyl (C=O) groups excluding carboxylic acids is 3. The van der Waals surface area contributed by atoms with E-state index in [9.17, 15) is 14.4 Å². The van der Waals surface area contributed by atoms with Crippen LogP contribution < -0.4 is 0 Å². The van der Waals surface area contributed by atoms with E-state index in [4.69, 9.17) is 9.47 Å². The minimum absolute atomic E-state index is 0.0722. The third-order valence-electron chi connectivity index (χ3n) is 3.40. The Morgan fingerprint density at radius 3 is 2.21 bits per heavy atom. The van der Waals surface area contributed by atoms with Crippen LogP contribution in [-0.2, 0) is 23.9 Å². The fourth-order valence-electron chi connectivity index (χ4n) is 2.05. The number of hydrogen-bond donors (Lipinski definition) is 0. The molecule has 0 aromatic heterocycles. The summed E-state index contributed by atoms with van der Waals surface area (Å²) in [6.45, 7) is 8.91. The van der Waals surface area contributed by atoms with Crippen LogP contribution in [0.15, 0.2) is 0 Å². The van der Waals surface area contributed by atoms with Gasteiger partial charge >= 0.3 is 11.9 Å². The first kappa shape index (κ1) is 23.0. The number of thioether (sulfide) groups is 1. The van der Waals surface area contributed by atoms with Crippen molar-refractivity contribution in [2.75, 3.05) is 12.0 Å². The maximum atomic E-state index is 12.4. The smallest absolute Gasteiger partial charge is 0.348 e. The Hall–Kier alpha value is -1.04. The van der Waals surface area contributed by atoms with E-state index < -0.39 is 29.6 Å². The summed E-state index contributed by atoms with van der Waals surface area (Å²) in [5, 5.41) is 0. The second-order valence-electron chi connectivity index (χ2n) is 6.90. The van der Waals surface area contributed by atoms with Crippen molar-refractivity contribution < 1.29 is 23.9 Å². The highest BCUT2D eigenvalue weighted by Gasteiger charge is 2.36. The number of esters is 2. The molecule has 0 saturated carbocycles. The summed E-state index contributed by atoms with van der Waals surface area (Å²) in [7, 11) is 0. The van der Waals surface area contributed by atoms with Gasteiger partial charge in [0, 0.05) is 12.2 Å². The molecule has 0 N–H and O–H groups in total. The monoisotopic (exact) mass is 360 g/mol. The Morgan fingerprint density at radius 1 is 1.08 bits per heavy atom. The molecule has 0 saturated heterocycles. The van der Waals surface area contributed by atoms with E-state index in [1.54, 1.807) is 27.7 Å². The second-order valence-corrected chi connectivity index (χ2v) is 7.88. The van der Waals surface area contributed by atoms with Crippen LogP contribution in [0.25, 0.3) is 0 Å². The van der Waals surface area contributed by atoms with E-state index >= 15 is 0 Å². The number of carbonyl (C=O) groups is 3. The lowest BCUT2D eigenvalue weighted by Gasteiger charge is -2.26. The Morgan fingerprint density at radius 2 is 1.71 bits per heavy atom. The molecule has 0 aromatic carbocycles. The summed E-state index contributed by atoms with van der Waals surface area (Å²) in [4.78, 5) is 36.6. The molecule has 0 radical (unpaired) electrons. The predicted molar refractivity (Wildman–Crippen MR) is 97.0 cm³/mol. The van der Waals surface area contributed by atoms with E-state index in [0.717, 1.165) is 19.3 Å². The lowest BCUT2D eigenvalue weighted by atomic mass is 9.95. The molecule has 2 atom stereocenters. The van der Waals surface area contributed by atoms with Gasteiger partial charge in [-0.1, -0.05) is 26.7 Å². The first-order chi connectivity index (χ1) is 11.1. The van der Waals surface area contributed by atoms with Gasteiger partial charge < -0.3 is 9.47 Å².